The van der Waals surface area contributed by atoms with E-state index in [0.717, 1.165) is 12.5 Å². The Morgan fingerprint density at radius 1 is 1.18 bits per heavy atom. The van der Waals surface area contributed by atoms with Crippen LogP contribution in [0.5, 0.6) is 0 Å². The van der Waals surface area contributed by atoms with Gasteiger partial charge in [-0.3, -0.25) is 0 Å². The summed E-state index contributed by atoms with van der Waals surface area (Å²) in [5, 5.41) is 6.90. The van der Waals surface area contributed by atoms with Crippen molar-refractivity contribution in [1.82, 2.24) is 10.6 Å². The summed E-state index contributed by atoms with van der Waals surface area (Å²) < 4.78 is 0. The molecule has 1 fully saturated rings. The second kappa shape index (κ2) is 4.78. The molecule has 0 aromatic heterocycles. The Bertz CT molecular complexity index is 399. The number of nitrogens with zero attached hydrogens (tertiary/aromatic N) is 1. The Morgan fingerprint density at radius 2 is 2.00 bits per heavy atom. The van der Waals surface area contributed by atoms with Crippen LogP contribution in [-0.2, 0) is 6.54 Å². The molecule has 1 heterocycles. The van der Waals surface area contributed by atoms with Crippen LogP contribution in [0.15, 0.2) is 35.3 Å². The molecule has 90 valence electrons. The van der Waals surface area contributed by atoms with E-state index >= 15 is 0 Å². The molecule has 0 amide bonds. The van der Waals surface area contributed by atoms with Crippen molar-refractivity contribution in [2.45, 2.75) is 44.3 Å². The van der Waals surface area contributed by atoms with Crippen molar-refractivity contribution in [1.29, 1.82) is 0 Å². The van der Waals surface area contributed by atoms with Crippen LogP contribution in [-0.4, -0.2) is 18.0 Å². The minimum Gasteiger partial charge on any atom is -0.352 e. The molecule has 0 bridgehead atoms. The van der Waals surface area contributed by atoms with E-state index in [-0.39, 0.29) is 0 Å². The smallest absolute Gasteiger partial charge is 0.192 e. The first kappa shape index (κ1) is 10.6. The summed E-state index contributed by atoms with van der Waals surface area (Å²) in [4.78, 5) is 4.72. The SMILES string of the molecule is c1ccc(CNC2=N[C@H]3CCCC[C@@H]3N2)cc1. The van der Waals surface area contributed by atoms with Gasteiger partial charge in [0.15, 0.2) is 5.96 Å². The second-order valence-electron chi connectivity index (χ2n) is 4.92. The molecule has 0 unspecified atom stereocenters. The lowest BCUT2D eigenvalue weighted by molar-refractivity contribution is 0.384. The number of guanidine groups is 1. The fraction of sp³-hybridized carbons (Fsp3) is 0.500. The summed E-state index contributed by atoms with van der Waals surface area (Å²) in [6, 6.07) is 11.6. The fourth-order valence-corrected chi connectivity index (χ4v) is 2.69. The third-order valence-electron chi connectivity index (χ3n) is 3.65. The van der Waals surface area contributed by atoms with E-state index in [9.17, 15) is 0 Å². The standard InChI is InChI=1S/C14H19N3/c1-2-6-11(7-3-1)10-15-14-16-12-8-4-5-9-13(12)17-14/h1-3,6-7,12-13H,4-5,8-10H2,(H2,15,16,17)/t12-,13-/m0/s1. The summed E-state index contributed by atoms with van der Waals surface area (Å²) in [5.41, 5.74) is 1.30. The van der Waals surface area contributed by atoms with Gasteiger partial charge in [0, 0.05) is 6.54 Å². The number of rotatable bonds is 2. The van der Waals surface area contributed by atoms with Crippen LogP contribution in [0, 0.1) is 0 Å². The van der Waals surface area contributed by atoms with Crippen LogP contribution in [0.25, 0.3) is 0 Å². The molecule has 1 aliphatic carbocycles. The summed E-state index contributed by atoms with van der Waals surface area (Å²) >= 11 is 0. The number of aliphatic imine (C=N–C) groups is 1. The zero-order valence-electron chi connectivity index (χ0n) is 10.0. The normalized spacial score (nSPS) is 26.9. The molecule has 3 rings (SSSR count). The highest BCUT2D eigenvalue weighted by molar-refractivity contribution is 5.82. The fourth-order valence-electron chi connectivity index (χ4n) is 2.69. The molecule has 0 saturated heterocycles. The van der Waals surface area contributed by atoms with Gasteiger partial charge in [0.2, 0.25) is 0 Å². The maximum Gasteiger partial charge on any atom is 0.192 e. The van der Waals surface area contributed by atoms with Crippen molar-refractivity contribution in [3.05, 3.63) is 35.9 Å². The molecule has 3 nitrogen and oxygen atoms in total. The van der Waals surface area contributed by atoms with Gasteiger partial charge >= 0.3 is 0 Å². The van der Waals surface area contributed by atoms with Crippen molar-refractivity contribution in [3.63, 3.8) is 0 Å². The van der Waals surface area contributed by atoms with E-state index in [0.29, 0.717) is 12.1 Å². The Morgan fingerprint density at radius 3 is 2.82 bits per heavy atom. The molecule has 3 heteroatoms. The number of fused-ring (bicyclic) bond motifs is 1. The number of hydrogen-bond acceptors (Lipinski definition) is 3. The van der Waals surface area contributed by atoms with Crippen molar-refractivity contribution in [2.24, 2.45) is 4.99 Å². The Hall–Kier alpha value is -1.51. The summed E-state index contributed by atoms with van der Waals surface area (Å²) in [5.74, 6) is 0.991. The average Bonchev–Trinajstić information content (AvgIpc) is 2.80. The van der Waals surface area contributed by atoms with Crippen molar-refractivity contribution < 1.29 is 0 Å². The van der Waals surface area contributed by atoms with Gasteiger partial charge < -0.3 is 10.6 Å². The van der Waals surface area contributed by atoms with E-state index in [4.69, 9.17) is 4.99 Å². The van der Waals surface area contributed by atoms with Crippen LogP contribution in [0.4, 0.5) is 0 Å². The molecule has 1 aromatic carbocycles. The predicted molar refractivity (Wildman–Crippen MR) is 69.9 cm³/mol. The molecular formula is C14H19N3. The molecule has 2 atom stereocenters. The van der Waals surface area contributed by atoms with Gasteiger partial charge in [0.25, 0.3) is 0 Å². The number of hydrogen-bond donors (Lipinski definition) is 2. The zero-order valence-corrected chi connectivity index (χ0v) is 10.0. The Balaban J connectivity index is 1.56. The van der Waals surface area contributed by atoms with Crippen molar-refractivity contribution >= 4 is 5.96 Å². The van der Waals surface area contributed by atoms with E-state index < -0.39 is 0 Å². The zero-order chi connectivity index (χ0) is 11.5. The Labute approximate surface area is 102 Å². The van der Waals surface area contributed by atoms with Crippen LogP contribution in [0.2, 0.25) is 0 Å². The highest BCUT2D eigenvalue weighted by atomic mass is 15.3. The molecule has 2 aliphatic rings. The lowest BCUT2D eigenvalue weighted by atomic mass is 9.92. The number of nitrogens with one attached hydrogen (secondary N) is 2. The molecule has 0 spiro atoms. The van der Waals surface area contributed by atoms with Gasteiger partial charge in [-0.1, -0.05) is 43.2 Å². The topological polar surface area (TPSA) is 36.4 Å². The minimum absolute atomic E-state index is 0.516. The molecule has 1 aromatic rings. The largest absolute Gasteiger partial charge is 0.352 e. The highest BCUT2D eigenvalue weighted by Gasteiger charge is 2.30. The lowest BCUT2D eigenvalue weighted by Crippen LogP contribution is -2.41. The predicted octanol–water partition coefficient (Wildman–Crippen LogP) is 2.05. The lowest BCUT2D eigenvalue weighted by Gasteiger charge is -2.23. The van der Waals surface area contributed by atoms with Gasteiger partial charge in [-0.15, -0.1) is 0 Å². The van der Waals surface area contributed by atoms with E-state index in [1.165, 1.54) is 31.2 Å². The maximum absolute atomic E-state index is 4.72. The molecular weight excluding hydrogens is 210 g/mol. The van der Waals surface area contributed by atoms with E-state index in [1.807, 2.05) is 6.07 Å². The quantitative estimate of drug-likeness (QED) is 0.814. The average molecular weight is 229 g/mol. The first-order chi connectivity index (χ1) is 8.42. The van der Waals surface area contributed by atoms with Gasteiger partial charge in [0.1, 0.15) is 0 Å². The first-order valence-electron chi connectivity index (χ1n) is 6.54. The molecule has 1 aliphatic heterocycles. The van der Waals surface area contributed by atoms with Gasteiger partial charge in [-0.25, -0.2) is 4.99 Å². The molecule has 2 N–H and O–H groups in total. The first-order valence-corrected chi connectivity index (χ1v) is 6.54. The molecule has 0 radical (unpaired) electrons. The van der Waals surface area contributed by atoms with E-state index in [1.54, 1.807) is 0 Å². The Kier molecular flexibility index (Phi) is 2.99. The highest BCUT2D eigenvalue weighted by Crippen LogP contribution is 2.24. The van der Waals surface area contributed by atoms with Crippen LogP contribution >= 0.6 is 0 Å². The van der Waals surface area contributed by atoms with Crippen LogP contribution in [0.1, 0.15) is 31.2 Å². The van der Waals surface area contributed by atoms with Crippen LogP contribution < -0.4 is 10.6 Å². The van der Waals surface area contributed by atoms with Gasteiger partial charge in [-0.05, 0) is 18.4 Å². The third-order valence-corrected chi connectivity index (χ3v) is 3.65. The molecule has 1 saturated carbocycles. The second-order valence-corrected chi connectivity index (χ2v) is 4.92. The van der Waals surface area contributed by atoms with Crippen molar-refractivity contribution in [2.75, 3.05) is 0 Å². The third kappa shape index (κ3) is 2.43. The summed E-state index contributed by atoms with van der Waals surface area (Å²) in [6.45, 7) is 0.853. The number of benzene rings is 1. The van der Waals surface area contributed by atoms with E-state index in [2.05, 4.69) is 34.9 Å². The molecule has 17 heavy (non-hydrogen) atoms. The van der Waals surface area contributed by atoms with Gasteiger partial charge in [-0.2, -0.15) is 0 Å². The summed E-state index contributed by atoms with van der Waals surface area (Å²) in [6.07, 6.45) is 5.19. The summed E-state index contributed by atoms with van der Waals surface area (Å²) in [7, 11) is 0. The monoisotopic (exact) mass is 229 g/mol. The van der Waals surface area contributed by atoms with Gasteiger partial charge in [0.05, 0.1) is 12.1 Å². The minimum atomic E-state index is 0.516. The van der Waals surface area contributed by atoms with Crippen LogP contribution in [0.3, 0.4) is 0 Å². The maximum atomic E-state index is 4.72. The van der Waals surface area contributed by atoms with Crippen molar-refractivity contribution in [3.8, 4) is 0 Å².